The largest absolute Gasteiger partial charge is 0.341 e. The van der Waals surface area contributed by atoms with Gasteiger partial charge in [-0.2, -0.15) is 4.39 Å². The lowest BCUT2D eigenvalue weighted by Gasteiger charge is -2.16. The van der Waals surface area contributed by atoms with Gasteiger partial charge in [0.1, 0.15) is 5.82 Å². The predicted octanol–water partition coefficient (Wildman–Crippen LogP) is 5.30. The van der Waals surface area contributed by atoms with E-state index in [0.29, 0.717) is 17.3 Å². The summed E-state index contributed by atoms with van der Waals surface area (Å²) in [5, 5.41) is 2.80. The van der Waals surface area contributed by atoms with Crippen molar-refractivity contribution in [2.75, 3.05) is 18.9 Å². The van der Waals surface area contributed by atoms with Gasteiger partial charge in [-0.1, -0.05) is 36.4 Å². The van der Waals surface area contributed by atoms with E-state index in [1.165, 1.54) is 24.8 Å². The van der Waals surface area contributed by atoms with E-state index in [2.05, 4.69) is 56.5 Å². The number of rotatable bonds is 5. The van der Waals surface area contributed by atoms with Crippen LogP contribution in [0.4, 0.5) is 10.1 Å². The second-order valence-electron chi connectivity index (χ2n) is 8.30. The number of imidazole rings is 1. The minimum atomic E-state index is -0.615. The molecule has 7 heteroatoms. The molecule has 4 aromatic rings. The number of likely N-dealkylation sites (tertiary alicyclic amines) is 1. The first-order valence-electron chi connectivity index (χ1n) is 11.0. The Bertz CT molecular complexity index is 1250. The highest BCUT2D eigenvalue weighted by Crippen LogP contribution is 2.30. The second kappa shape index (κ2) is 8.96. The summed E-state index contributed by atoms with van der Waals surface area (Å²) in [6.07, 6.45) is 5.47. The first kappa shape index (κ1) is 21.0. The first-order chi connectivity index (χ1) is 16.1. The van der Waals surface area contributed by atoms with Crippen LogP contribution >= 0.6 is 0 Å². The Morgan fingerprint density at radius 3 is 2.30 bits per heavy atom. The number of hydrogen-bond donors (Lipinski definition) is 2. The summed E-state index contributed by atoms with van der Waals surface area (Å²) >= 11 is 0. The molecular formula is C26H24FN5O. The standard InChI is InChI=1S/C26H24FN5O/c1-32-14-2-3-23(32)25-29-16-22(31-25)19-6-4-17(5-7-19)18-8-11-21(12-9-18)30-26(33)20-10-13-24(27)28-15-20/h4-13,15-16,23H,2-3,14H2,1H3,(H,29,31)(H,30,33)/t23-/m0/s1. The summed E-state index contributed by atoms with van der Waals surface area (Å²) < 4.78 is 12.9. The summed E-state index contributed by atoms with van der Waals surface area (Å²) in [4.78, 5) is 26.2. The van der Waals surface area contributed by atoms with Gasteiger partial charge < -0.3 is 10.3 Å². The number of anilines is 1. The monoisotopic (exact) mass is 441 g/mol. The number of aromatic amines is 1. The number of nitrogens with zero attached hydrogens (tertiary/aromatic N) is 3. The van der Waals surface area contributed by atoms with Gasteiger partial charge in [-0.3, -0.25) is 9.69 Å². The fourth-order valence-electron chi connectivity index (χ4n) is 4.21. The number of carbonyl (C=O) groups is 1. The van der Waals surface area contributed by atoms with E-state index < -0.39 is 5.95 Å². The number of nitrogens with one attached hydrogen (secondary N) is 2. The van der Waals surface area contributed by atoms with Crippen molar-refractivity contribution in [2.45, 2.75) is 18.9 Å². The molecule has 1 atom stereocenters. The zero-order valence-electron chi connectivity index (χ0n) is 18.3. The average molecular weight is 442 g/mol. The van der Waals surface area contributed by atoms with Gasteiger partial charge in [0.25, 0.3) is 5.91 Å². The summed E-state index contributed by atoms with van der Waals surface area (Å²) in [6.45, 7) is 1.11. The molecule has 0 radical (unpaired) electrons. The van der Waals surface area contributed by atoms with Gasteiger partial charge in [-0.25, -0.2) is 9.97 Å². The molecule has 3 heterocycles. The molecule has 166 valence electrons. The fourth-order valence-corrected chi connectivity index (χ4v) is 4.21. The van der Waals surface area contributed by atoms with Crippen molar-refractivity contribution in [3.05, 3.63) is 90.4 Å². The molecule has 6 nitrogen and oxygen atoms in total. The Morgan fingerprint density at radius 1 is 0.970 bits per heavy atom. The van der Waals surface area contributed by atoms with Crippen LogP contribution < -0.4 is 5.32 Å². The summed E-state index contributed by atoms with van der Waals surface area (Å²) in [5.41, 5.74) is 5.19. The highest BCUT2D eigenvalue weighted by molar-refractivity contribution is 6.04. The zero-order chi connectivity index (χ0) is 22.8. The molecule has 0 aliphatic carbocycles. The van der Waals surface area contributed by atoms with Crippen molar-refractivity contribution >= 4 is 11.6 Å². The minimum absolute atomic E-state index is 0.303. The number of amides is 1. The van der Waals surface area contributed by atoms with Crippen molar-refractivity contribution in [3.8, 4) is 22.4 Å². The first-order valence-corrected chi connectivity index (χ1v) is 11.0. The lowest BCUT2D eigenvalue weighted by atomic mass is 10.0. The topological polar surface area (TPSA) is 73.9 Å². The van der Waals surface area contributed by atoms with Crippen LogP contribution in [0.15, 0.2) is 73.1 Å². The van der Waals surface area contributed by atoms with Gasteiger partial charge in [-0.15, -0.1) is 0 Å². The molecule has 5 rings (SSSR count). The predicted molar refractivity (Wildman–Crippen MR) is 126 cm³/mol. The van der Waals surface area contributed by atoms with Crippen LogP contribution in [-0.2, 0) is 0 Å². The fraction of sp³-hybridized carbons (Fsp3) is 0.192. The molecule has 0 unspecified atom stereocenters. The smallest absolute Gasteiger partial charge is 0.257 e. The normalized spacial score (nSPS) is 16.1. The highest BCUT2D eigenvalue weighted by Gasteiger charge is 2.25. The summed E-state index contributed by atoms with van der Waals surface area (Å²) in [6, 6.07) is 18.9. The number of halogens is 1. The van der Waals surface area contributed by atoms with Crippen LogP contribution in [0.25, 0.3) is 22.4 Å². The van der Waals surface area contributed by atoms with Gasteiger partial charge in [0.15, 0.2) is 0 Å². The maximum absolute atomic E-state index is 12.9. The lowest BCUT2D eigenvalue weighted by molar-refractivity contribution is 0.102. The number of aromatic nitrogens is 3. The van der Waals surface area contributed by atoms with Crippen molar-refractivity contribution in [1.29, 1.82) is 0 Å². The number of carbonyl (C=O) groups excluding carboxylic acids is 1. The molecule has 33 heavy (non-hydrogen) atoms. The van der Waals surface area contributed by atoms with Gasteiger partial charge in [0, 0.05) is 11.9 Å². The molecule has 1 fully saturated rings. The van der Waals surface area contributed by atoms with Crippen LogP contribution in [0.2, 0.25) is 0 Å². The molecule has 0 spiro atoms. The number of pyridine rings is 1. The Labute approximate surface area is 191 Å². The summed E-state index contributed by atoms with van der Waals surface area (Å²) in [5.74, 6) is 0.0850. The molecular weight excluding hydrogens is 417 g/mol. The van der Waals surface area contributed by atoms with E-state index in [-0.39, 0.29) is 5.91 Å². The molecule has 2 N–H and O–H groups in total. The molecule has 1 aliphatic heterocycles. The van der Waals surface area contributed by atoms with E-state index >= 15 is 0 Å². The maximum Gasteiger partial charge on any atom is 0.257 e. The Balaban J connectivity index is 1.26. The SMILES string of the molecule is CN1CCC[C@H]1c1ncc(-c2ccc(-c3ccc(NC(=O)c4ccc(F)nc4)cc3)cc2)[nH]1. The Kier molecular flexibility index (Phi) is 5.71. The number of H-pyrrole nitrogens is 1. The third kappa shape index (κ3) is 4.54. The van der Waals surface area contributed by atoms with Crippen LogP contribution in [0.5, 0.6) is 0 Å². The van der Waals surface area contributed by atoms with Gasteiger partial charge in [-0.05, 0) is 67.4 Å². The van der Waals surface area contributed by atoms with E-state index in [4.69, 9.17) is 0 Å². The molecule has 1 amide bonds. The molecule has 0 saturated carbocycles. The average Bonchev–Trinajstić information content (AvgIpc) is 3.49. The molecule has 0 bridgehead atoms. The van der Waals surface area contributed by atoms with Crippen molar-refractivity contribution in [3.63, 3.8) is 0 Å². The quantitative estimate of drug-likeness (QED) is 0.413. The van der Waals surface area contributed by atoms with Gasteiger partial charge in [0.05, 0.1) is 23.5 Å². The van der Waals surface area contributed by atoms with Crippen LogP contribution in [0.3, 0.4) is 0 Å². The van der Waals surface area contributed by atoms with E-state index in [9.17, 15) is 9.18 Å². The van der Waals surface area contributed by atoms with Gasteiger partial charge >= 0.3 is 0 Å². The van der Waals surface area contributed by atoms with E-state index in [1.807, 2.05) is 30.5 Å². The Morgan fingerprint density at radius 2 is 1.67 bits per heavy atom. The van der Waals surface area contributed by atoms with E-state index in [0.717, 1.165) is 41.2 Å². The number of benzene rings is 2. The minimum Gasteiger partial charge on any atom is -0.341 e. The second-order valence-corrected chi connectivity index (χ2v) is 8.30. The summed E-state index contributed by atoms with van der Waals surface area (Å²) in [7, 11) is 2.14. The van der Waals surface area contributed by atoms with Crippen molar-refractivity contribution < 1.29 is 9.18 Å². The Hall–Kier alpha value is -3.84. The van der Waals surface area contributed by atoms with Crippen molar-refractivity contribution in [2.24, 2.45) is 0 Å². The number of hydrogen-bond acceptors (Lipinski definition) is 4. The van der Waals surface area contributed by atoms with Gasteiger partial charge in [0.2, 0.25) is 5.95 Å². The van der Waals surface area contributed by atoms with Crippen LogP contribution in [0, 0.1) is 5.95 Å². The van der Waals surface area contributed by atoms with Crippen LogP contribution in [-0.4, -0.2) is 39.4 Å². The van der Waals surface area contributed by atoms with Crippen LogP contribution in [0.1, 0.15) is 35.1 Å². The van der Waals surface area contributed by atoms with E-state index in [1.54, 1.807) is 0 Å². The third-order valence-electron chi connectivity index (χ3n) is 6.09. The highest BCUT2D eigenvalue weighted by atomic mass is 19.1. The molecule has 2 aromatic carbocycles. The zero-order valence-corrected chi connectivity index (χ0v) is 18.3. The maximum atomic E-state index is 12.9. The molecule has 1 aliphatic rings. The third-order valence-corrected chi connectivity index (χ3v) is 6.09. The van der Waals surface area contributed by atoms with Crippen molar-refractivity contribution in [1.82, 2.24) is 19.9 Å². The lowest BCUT2D eigenvalue weighted by Crippen LogP contribution is -2.18. The molecule has 1 saturated heterocycles. The molecule has 2 aromatic heterocycles.